The molecule has 5 heteroatoms. The SMILES string of the molecule is CCn1ncnc1CC(CSc1ccccc1C)NC. The Morgan fingerprint density at radius 2 is 2.15 bits per heavy atom. The van der Waals surface area contributed by atoms with Gasteiger partial charge in [0.15, 0.2) is 0 Å². The highest BCUT2D eigenvalue weighted by Gasteiger charge is 2.12. The number of aromatic nitrogens is 3. The van der Waals surface area contributed by atoms with Gasteiger partial charge < -0.3 is 5.32 Å². The number of hydrogen-bond donors (Lipinski definition) is 1. The largest absolute Gasteiger partial charge is 0.316 e. The molecule has 2 rings (SSSR count). The van der Waals surface area contributed by atoms with Crippen LogP contribution in [0.25, 0.3) is 0 Å². The van der Waals surface area contributed by atoms with E-state index in [1.165, 1.54) is 10.5 Å². The predicted molar refractivity (Wildman–Crippen MR) is 84.2 cm³/mol. The molecule has 1 unspecified atom stereocenters. The fourth-order valence-corrected chi connectivity index (χ4v) is 3.22. The first-order chi connectivity index (χ1) is 9.74. The average Bonchev–Trinajstić information content (AvgIpc) is 2.92. The minimum Gasteiger partial charge on any atom is -0.316 e. The Morgan fingerprint density at radius 1 is 1.35 bits per heavy atom. The van der Waals surface area contributed by atoms with Crippen LogP contribution in [0.1, 0.15) is 18.3 Å². The van der Waals surface area contributed by atoms with E-state index in [2.05, 4.69) is 53.5 Å². The molecule has 0 fully saturated rings. The van der Waals surface area contributed by atoms with Crippen LogP contribution in [0, 0.1) is 6.92 Å². The standard InChI is InChI=1S/C15H22N4S/c1-4-19-15(17-11-18-19)9-13(16-3)10-20-14-8-6-5-7-12(14)2/h5-8,11,13,16H,4,9-10H2,1-3H3. The van der Waals surface area contributed by atoms with E-state index in [1.807, 2.05) is 23.5 Å². The van der Waals surface area contributed by atoms with Gasteiger partial charge in [-0.1, -0.05) is 18.2 Å². The van der Waals surface area contributed by atoms with E-state index in [1.54, 1.807) is 6.33 Å². The van der Waals surface area contributed by atoms with Gasteiger partial charge in [-0.2, -0.15) is 5.10 Å². The van der Waals surface area contributed by atoms with Gasteiger partial charge >= 0.3 is 0 Å². The summed E-state index contributed by atoms with van der Waals surface area (Å²) in [6, 6.07) is 8.91. The van der Waals surface area contributed by atoms with Crippen LogP contribution < -0.4 is 5.32 Å². The maximum absolute atomic E-state index is 4.35. The van der Waals surface area contributed by atoms with Crippen molar-refractivity contribution in [1.29, 1.82) is 0 Å². The van der Waals surface area contributed by atoms with Gasteiger partial charge in [0.1, 0.15) is 12.2 Å². The summed E-state index contributed by atoms with van der Waals surface area (Å²) in [5.41, 5.74) is 1.34. The summed E-state index contributed by atoms with van der Waals surface area (Å²) in [5.74, 6) is 2.08. The van der Waals surface area contributed by atoms with E-state index in [4.69, 9.17) is 0 Å². The van der Waals surface area contributed by atoms with Crippen LogP contribution in [-0.4, -0.2) is 33.6 Å². The monoisotopic (exact) mass is 290 g/mol. The fourth-order valence-electron chi connectivity index (χ4n) is 2.08. The normalized spacial score (nSPS) is 12.6. The molecule has 20 heavy (non-hydrogen) atoms. The Labute approximate surface area is 125 Å². The highest BCUT2D eigenvalue weighted by molar-refractivity contribution is 7.99. The zero-order valence-electron chi connectivity index (χ0n) is 12.3. The van der Waals surface area contributed by atoms with Crippen molar-refractivity contribution in [1.82, 2.24) is 20.1 Å². The molecule has 0 bridgehead atoms. The van der Waals surface area contributed by atoms with Crippen LogP contribution in [0.2, 0.25) is 0 Å². The maximum atomic E-state index is 4.35. The fraction of sp³-hybridized carbons (Fsp3) is 0.467. The molecule has 0 aliphatic rings. The van der Waals surface area contributed by atoms with E-state index in [-0.39, 0.29) is 0 Å². The first-order valence-corrected chi connectivity index (χ1v) is 7.95. The number of aryl methyl sites for hydroxylation is 2. The predicted octanol–water partition coefficient (Wildman–Crippen LogP) is 2.53. The van der Waals surface area contributed by atoms with Crippen molar-refractivity contribution in [3.63, 3.8) is 0 Å². The Bertz CT molecular complexity index is 538. The molecule has 0 saturated heterocycles. The lowest BCUT2D eigenvalue weighted by Gasteiger charge is -2.16. The molecule has 0 spiro atoms. The zero-order valence-corrected chi connectivity index (χ0v) is 13.2. The first kappa shape index (κ1) is 15.1. The smallest absolute Gasteiger partial charge is 0.138 e. The van der Waals surface area contributed by atoms with E-state index in [9.17, 15) is 0 Å². The lowest BCUT2D eigenvalue weighted by atomic mass is 10.2. The maximum Gasteiger partial charge on any atom is 0.138 e. The Morgan fingerprint density at radius 3 is 2.85 bits per heavy atom. The van der Waals surface area contributed by atoms with Crippen LogP contribution in [0.4, 0.5) is 0 Å². The molecule has 108 valence electrons. The van der Waals surface area contributed by atoms with Crippen molar-refractivity contribution >= 4 is 11.8 Å². The van der Waals surface area contributed by atoms with Gasteiger partial charge in [-0.05, 0) is 32.5 Å². The lowest BCUT2D eigenvalue weighted by Crippen LogP contribution is -2.31. The van der Waals surface area contributed by atoms with Crippen LogP contribution in [0.5, 0.6) is 0 Å². The van der Waals surface area contributed by atoms with Gasteiger partial charge in [0.05, 0.1) is 0 Å². The van der Waals surface area contributed by atoms with E-state index >= 15 is 0 Å². The minimum atomic E-state index is 0.397. The van der Waals surface area contributed by atoms with Gasteiger partial charge in [-0.3, -0.25) is 4.68 Å². The summed E-state index contributed by atoms with van der Waals surface area (Å²) in [6.07, 6.45) is 2.54. The third kappa shape index (κ3) is 3.84. The van der Waals surface area contributed by atoms with Gasteiger partial charge in [0.2, 0.25) is 0 Å². The van der Waals surface area contributed by atoms with E-state index < -0.39 is 0 Å². The number of nitrogens with zero attached hydrogens (tertiary/aromatic N) is 3. The molecule has 0 amide bonds. The summed E-state index contributed by atoms with van der Waals surface area (Å²) in [5, 5.41) is 7.60. The summed E-state index contributed by atoms with van der Waals surface area (Å²) >= 11 is 1.90. The van der Waals surface area contributed by atoms with Crippen molar-refractivity contribution in [2.75, 3.05) is 12.8 Å². The first-order valence-electron chi connectivity index (χ1n) is 6.97. The van der Waals surface area contributed by atoms with Gasteiger partial charge in [-0.15, -0.1) is 11.8 Å². The lowest BCUT2D eigenvalue weighted by molar-refractivity contribution is 0.549. The van der Waals surface area contributed by atoms with Gasteiger partial charge in [0, 0.05) is 29.7 Å². The molecule has 4 nitrogen and oxygen atoms in total. The Kier molecular flexibility index (Phi) is 5.61. The number of nitrogens with one attached hydrogen (secondary N) is 1. The number of likely N-dealkylation sites (N-methyl/N-ethyl adjacent to an activating group) is 1. The quantitative estimate of drug-likeness (QED) is 0.796. The molecule has 2 aromatic rings. The molecule has 1 aromatic carbocycles. The second-order valence-corrected chi connectivity index (χ2v) is 5.82. The number of rotatable bonds is 7. The molecule has 0 aliphatic carbocycles. The Hall–Kier alpha value is -1.33. The molecule has 1 N–H and O–H groups in total. The second kappa shape index (κ2) is 7.45. The van der Waals surface area contributed by atoms with Crippen LogP contribution in [0.3, 0.4) is 0 Å². The Balaban J connectivity index is 1.94. The van der Waals surface area contributed by atoms with E-state index in [0.717, 1.165) is 24.5 Å². The van der Waals surface area contributed by atoms with Gasteiger partial charge in [-0.25, -0.2) is 4.98 Å². The van der Waals surface area contributed by atoms with Crippen molar-refractivity contribution < 1.29 is 0 Å². The molecule has 0 radical (unpaired) electrons. The highest BCUT2D eigenvalue weighted by Crippen LogP contribution is 2.23. The number of thioether (sulfide) groups is 1. The van der Waals surface area contributed by atoms with Gasteiger partial charge in [0.25, 0.3) is 0 Å². The molecule has 1 heterocycles. The van der Waals surface area contributed by atoms with Crippen LogP contribution in [0.15, 0.2) is 35.5 Å². The molecule has 1 atom stereocenters. The molecular formula is C15H22N4S. The highest BCUT2D eigenvalue weighted by atomic mass is 32.2. The molecule has 0 aliphatic heterocycles. The van der Waals surface area contributed by atoms with Crippen molar-refractivity contribution in [2.24, 2.45) is 0 Å². The minimum absolute atomic E-state index is 0.397. The van der Waals surface area contributed by atoms with Crippen LogP contribution in [-0.2, 0) is 13.0 Å². The summed E-state index contributed by atoms with van der Waals surface area (Å²) in [6.45, 7) is 5.12. The molecule has 0 saturated carbocycles. The third-order valence-corrected chi connectivity index (χ3v) is 4.70. The van der Waals surface area contributed by atoms with E-state index in [0.29, 0.717) is 6.04 Å². The van der Waals surface area contributed by atoms with Crippen molar-refractivity contribution in [3.8, 4) is 0 Å². The third-order valence-electron chi connectivity index (χ3n) is 3.37. The molecular weight excluding hydrogens is 268 g/mol. The second-order valence-electron chi connectivity index (χ2n) is 4.76. The number of benzene rings is 1. The van der Waals surface area contributed by atoms with Crippen molar-refractivity contribution in [2.45, 2.75) is 37.8 Å². The number of hydrogen-bond acceptors (Lipinski definition) is 4. The summed E-state index contributed by atoms with van der Waals surface area (Å²) in [7, 11) is 2.01. The summed E-state index contributed by atoms with van der Waals surface area (Å²) < 4.78 is 1.96. The average molecular weight is 290 g/mol. The topological polar surface area (TPSA) is 42.7 Å². The molecule has 1 aromatic heterocycles. The summed E-state index contributed by atoms with van der Waals surface area (Å²) in [4.78, 5) is 5.70. The van der Waals surface area contributed by atoms with Crippen molar-refractivity contribution in [3.05, 3.63) is 42.0 Å². The van der Waals surface area contributed by atoms with Crippen LogP contribution >= 0.6 is 11.8 Å². The zero-order chi connectivity index (χ0) is 14.4.